The number of rotatable bonds is 6. The SMILES string of the molecule is N#C/C(=C\Cc1ccccc1)OC(=O)C(F)(F)C(F)(F)C(F)(F)C(F)(F)F. The molecule has 1 aromatic rings. The molecule has 0 bridgehead atoms. The van der Waals surface area contributed by atoms with E-state index in [0.29, 0.717) is 11.6 Å². The highest BCUT2D eigenvalue weighted by molar-refractivity contribution is 5.80. The van der Waals surface area contributed by atoms with Crippen LogP contribution in [0.2, 0.25) is 0 Å². The van der Waals surface area contributed by atoms with Crippen molar-refractivity contribution in [1.29, 1.82) is 5.26 Å². The first kappa shape index (κ1) is 22.3. The van der Waals surface area contributed by atoms with Crippen molar-refractivity contribution in [3.8, 4) is 6.07 Å². The van der Waals surface area contributed by atoms with E-state index < -0.39 is 35.7 Å². The number of nitriles is 1. The van der Waals surface area contributed by atoms with Crippen LogP contribution in [0.1, 0.15) is 5.56 Å². The van der Waals surface area contributed by atoms with Crippen LogP contribution in [-0.2, 0) is 16.0 Å². The predicted octanol–water partition coefficient (Wildman–Crippen LogP) is 4.65. The Bertz CT molecular complexity index is 749. The van der Waals surface area contributed by atoms with Gasteiger partial charge in [0.25, 0.3) is 0 Å². The Morgan fingerprint density at radius 1 is 0.963 bits per heavy atom. The Morgan fingerprint density at radius 2 is 1.48 bits per heavy atom. The van der Waals surface area contributed by atoms with Crippen LogP contribution >= 0.6 is 0 Å². The number of nitrogens with zero attached hydrogens (tertiary/aromatic N) is 1. The minimum Gasteiger partial charge on any atom is -0.411 e. The van der Waals surface area contributed by atoms with E-state index in [9.17, 15) is 44.3 Å². The van der Waals surface area contributed by atoms with E-state index >= 15 is 0 Å². The number of halogens is 9. The molecule has 0 saturated carbocycles. The zero-order valence-electron chi connectivity index (χ0n) is 12.8. The summed E-state index contributed by atoms with van der Waals surface area (Å²) in [7, 11) is 0. The molecule has 0 radical (unpaired) electrons. The largest absolute Gasteiger partial charge is 0.460 e. The molecule has 1 rings (SSSR count). The van der Waals surface area contributed by atoms with Gasteiger partial charge in [-0.3, -0.25) is 0 Å². The molecule has 12 heteroatoms. The van der Waals surface area contributed by atoms with Gasteiger partial charge in [0.15, 0.2) is 0 Å². The van der Waals surface area contributed by atoms with E-state index in [2.05, 4.69) is 4.74 Å². The maximum absolute atomic E-state index is 13.3. The van der Waals surface area contributed by atoms with Crippen molar-refractivity contribution in [2.45, 2.75) is 30.4 Å². The van der Waals surface area contributed by atoms with Crippen molar-refractivity contribution < 1.29 is 49.0 Å². The van der Waals surface area contributed by atoms with Crippen LogP contribution in [0.5, 0.6) is 0 Å². The third-order valence-electron chi connectivity index (χ3n) is 3.08. The van der Waals surface area contributed by atoms with Gasteiger partial charge in [-0.2, -0.15) is 44.8 Å². The summed E-state index contributed by atoms with van der Waals surface area (Å²) in [5.41, 5.74) is 0.460. The maximum atomic E-state index is 13.3. The maximum Gasteiger partial charge on any atom is 0.460 e. The molecule has 0 aliphatic carbocycles. The highest BCUT2D eigenvalue weighted by Crippen LogP contribution is 2.53. The zero-order chi connectivity index (χ0) is 21.1. The highest BCUT2D eigenvalue weighted by atomic mass is 19.4. The average molecular weight is 405 g/mol. The Morgan fingerprint density at radius 3 is 1.93 bits per heavy atom. The quantitative estimate of drug-likeness (QED) is 0.300. The number of benzene rings is 1. The monoisotopic (exact) mass is 405 g/mol. The Hall–Kier alpha value is -2.71. The van der Waals surface area contributed by atoms with Gasteiger partial charge < -0.3 is 4.74 Å². The summed E-state index contributed by atoms with van der Waals surface area (Å²) in [6, 6.07) is 8.67. The molecular weight excluding hydrogens is 397 g/mol. The van der Waals surface area contributed by atoms with E-state index in [0.717, 1.165) is 6.07 Å². The van der Waals surface area contributed by atoms with Crippen LogP contribution in [0, 0.1) is 11.3 Å². The van der Waals surface area contributed by atoms with Gasteiger partial charge in [0, 0.05) is 0 Å². The van der Waals surface area contributed by atoms with E-state index in [-0.39, 0.29) is 6.42 Å². The molecule has 0 aliphatic rings. The molecule has 0 aliphatic heterocycles. The summed E-state index contributed by atoms with van der Waals surface area (Å²) in [6.07, 6.45) is -6.59. The summed E-state index contributed by atoms with van der Waals surface area (Å²) in [5.74, 6) is -25.7. The molecule has 0 amide bonds. The van der Waals surface area contributed by atoms with Crippen LogP contribution in [0.25, 0.3) is 0 Å². The molecule has 0 aromatic heterocycles. The first-order valence-corrected chi connectivity index (χ1v) is 6.75. The average Bonchev–Trinajstić information content (AvgIpc) is 2.57. The van der Waals surface area contributed by atoms with E-state index in [1.54, 1.807) is 6.07 Å². The fraction of sp³-hybridized carbons (Fsp3) is 0.333. The van der Waals surface area contributed by atoms with Crippen molar-refractivity contribution in [2.24, 2.45) is 0 Å². The standard InChI is InChI=1S/C15H8F9NO2/c16-12(17,13(18,19)14(20,21)15(22,23)24)11(26)27-10(8-25)7-6-9-4-2-1-3-5-9/h1-5,7H,6H2/b10-7+. The van der Waals surface area contributed by atoms with Gasteiger partial charge in [0.1, 0.15) is 6.07 Å². The van der Waals surface area contributed by atoms with E-state index in [4.69, 9.17) is 5.26 Å². The molecule has 0 unspecified atom stereocenters. The van der Waals surface area contributed by atoms with Gasteiger partial charge in [-0.25, -0.2) is 4.79 Å². The van der Waals surface area contributed by atoms with Gasteiger partial charge >= 0.3 is 29.9 Å². The zero-order valence-corrected chi connectivity index (χ0v) is 12.8. The number of hydrogen-bond donors (Lipinski definition) is 0. The smallest absolute Gasteiger partial charge is 0.411 e. The minimum absolute atomic E-state index is 0.211. The fourth-order valence-corrected chi connectivity index (χ4v) is 1.60. The van der Waals surface area contributed by atoms with Gasteiger partial charge in [-0.1, -0.05) is 30.3 Å². The van der Waals surface area contributed by atoms with Gasteiger partial charge in [0.05, 0.1) is 0 Å². The summed E-state index contributed by atoms with van der Waals surface area (Å²) in [6.45, 7) is 0. The molecule has 27 heavy (non-hydrogen) atoms. The van der Waals surface area contributed by atoms with Crippen molar-refractivity contribution in [3.05, 3.63) is 47.7 Å². The van der Waals surface area contributed by atoms with Crippen LogP contribution in [0.3, 0.4) is 0 Å². The number of ether oxygens (including phenoxy) is 1. The van der Waals surface area contributed by atoms with Crippen molar-refractivity contribution in [2.75, 3.05) is 0 Å². The second kappa shape index (κ2) is 7.50. The van der Waals surface area contributed by atoms with Crippen LogP contribution in [0.4, 0.5) is 39.5 Å². The fourth-order valence-electron chi connectivity index (χ4n) is 1.60. The Kier molecular flexibility index (Phi) is 6.20. The number of alkyl halides is 9. The molecule has 0 atom stereocenters. The van der Waals surface area contributed by atoms with Crippen LogP contribution in [0.15, 0.2) is 42.2 Å². The summed E-state index contributed by atoms with van der Waals surface area (Å²) >= 11 is 0. The molecule has 3 nitrogen and oxygen atoms in total. The van der Waals surface area contributed by atoms with Crippen LogP contribution < -0.4 is 0 Å². The second-order valence-electron chi connectivity index (χ2n) is 4.98. The molecule has 0 saturated heterocycles. The summed E-state index contributed by atoms with van der Waals surface area (Å²) < 4.78 is 118. The summed E-state index contributed by atoms with van der Waals surface area (Å²) in [5, 5.41) is 8.65. The van der Waals surface area contributed by atoms with E-state index in [1.807, 2.05) is 0 Å². The number of hydrogen-bond acceptors (Lipinski definition) is 3. The first-order valence-electron chi connectivity index (χ1n) is 6.75. The first-order chi connectivity index (χ1) is 12.2. The summed E-state index contributed by atoms with van der Waals surface area (Å²) in [4.78, 5) is 11.1. The molecule has 1 aromatic carbocycles. The molecule has 0 N–H and O–H groups in total. The molecular formula is C15H8F9NO2. The molecule has 0 spiro atoms. The van der Waals surface area contributed by atoms with Gasteiger partial charge in [-0.15, -0.1) is 0 Å². The number of carbonyl (C=O) groups excluding carboxylic acids is 1. The van der Waals surface area contributed by atoms with Crippen molar-refractivity contribution in [3.63, 3.8) is 0 Å². The van der Waals surface area contributed by atoms with Crippen molar-refractivity contribution in [1.82, 2.24) is 0 Å². The van der Waals surface area contributed by atoms with Gasteiger partial charge in [-0.05, 0) is 18.1 Å². The predicted molar refractivity (Wildman–Crippen MR) is 70.8 cm³/mol. The lowest BCUT2D eigenvalue weighted by Gasteiger charge is -2.32. The Labute approximate surface area is 145 Å². The third kappa shape index (κ3) is 4.35. The van der Waals surface area contributed by atoms with Crippen molar-refractivity contribution >= 4 is 5.97 Å². The van der Waals surface area contributed by atoms with E-state index in [1.165, 1.54) is 24.3 Å². The second-order valence-corrected chi connectivity index (χ2v) is 4.98. The lowest BCUT2D eigenvalue weighted by molar-refractivity contribution is -0.390. The third-order valence-corrected chi connectivity index (χ3v) is 3.08. The number of esters is 1. The minimum atomic E-state index is -7.23. The van der Waals surface area contributed by atoms with Crippen LogP contribution in [-0.4, -0.2) is 29.9 Å². The molecule has 0 heterocycles. The number of carbonyl (C=O) groups is 1. The molecule has 148 valence electrons. The van der Waals surface area contributed by atoms with Gasteiger partial charge in [0.2, 0.25) is 5.76 Å². The molecule has 0 fully saturated rings. The number of allylic oxidation sites excluding steroid dienone is 2. The highest BCUT2D eigenvalue weighted by Gasteiger charge is 2.84. The topological polar surface area (TPSA) is 50.1 Å². The lowest BCUT2D eigenvalue weighted by Crippen LogP contribution is -2.63. The lowest BCUT2D eigenvalue weighted by atomic mass is 10.0. The Balaban J connectivity index is 3.06. The normalized spacial score (nSPS) is 13.9.